The number of carbonyl (C=O) groups excluding carboxylic acids is 1. The van der Waals surface area contributed by atoms with Crippen molar-refractivity contribution in [3.8, 4) is 0 Å². The zero-order chi connectivity index (χ0) is 12.1. The van der Waals surface area contributed by atoms with Crippen molar-refractivity contribution in [3.63, 3.8) is 0 Å². The zero-order valence-electron chi connectivity index (χ0n) is 9.20. The summed E-state index contributed by atoms with van der Waals surface area (Å²) in [5, 5.41) is 0. The second kappa shape index (κ2) is 6.15. The Balaban J connectivity index is 2.55. The van der Waals surface area contributed by atoms with Gasteiger partial charge in [0.15, 0.2) is 0 Å². The van der Waals surface area contributed by atoms with E-state index in [1.165, 1.54) is 7.11 Å². The molecule has 0 aliphatic rings. The SMILES string of the molecule is COC(=O)C(Br)CSc1ccc(N)c(C)c1. The van der Waals surface area contributed by atoms with Gasteiger partial charge in [0.2, 0.25) is 0 Å². The van der Waals surface area contributed by atoms with E-state index in [1.807, 2.05) is 25.1 Å². The molecule has 0 radical (unpaired) electrons. The van der Waals surface area contributed by atoms with Crippen molar-refractivity contribution >= 4 is 39.3 Å². The number of alkyl halides is 1. The Labute approximate surface area is 108 Å². The van der Waals surface area contributed by atoms with Crippen LogP contribution in [-0.4, -0.2) is 23.7 Å². The third kappa shape index (κ3) is 3.72. The lowest BCUT2D eigenvalue weighted by Crippen LogP contribution is -2.17. The van der Waals surface area contributed by atoms with Gasteiger partial charge in [-0.2, -0.15) is 0 Å². The number of methoxy groups -OCH3 is 1. The molecule has 1 rings (SSSR count). The van der Waals surface area contributed by atoms with Crippen molar-refractivity contribution in [1.82, 2.24) is 0 Å². The van der Waals surface area contributed by atoms with Crippen LogP contribution >= 0.6 is 27.7 Å². The average Bonchev–Trinajstić information content (AvgIpc) is 2.29. The second-order valence-electron chi connectivity index (χ2n) is 3.32. The number of nitrogen functional groups attached to an aromatic ring is 1. The molecule has 0 spiro atoms. The molecular weight excluding hydrogens is 290 g/mol. The summed E-state index contributed by atoms with van der Waals surface area (Å²) >= 11 is 4.87. The molecule has 0 aromatic heterocycles. The van der Waals surface area contributed by atoms with Crippen molar-refractivity contribution < 1.29 is 9.53 Å². The minimum Gasteiger partial charge on any atom is -0.468 e. The van der Waals surface area contributed by atoms with Crippen LogP contribution in [0.2, 0.25) is 0 Å². The Morgan fingerprint density at radius 1 is 1.62 bits per heavy atom. The standard InChI is InChI=1S/C11H14BrNO2S/c1-7-5-8(3-4-10(7)13)16-6-9(12)11(14)15-2/h3-5,9H,6,13H2,1-2H3. The maximum Gasteiger partial charge on any atom is 0.320 e. The molecule has 16 heavy (non-hydrogen) atoms. The van der Waals surface area contributed by atoms with Gasteiger partial charge in [0.1, 0.15) is 4.83 Å². The molecule has 0 aliphatic carbocycles. The fourth-order valence-corrected chi connectivity index (χ4v) is 2.59. The minimum atomic E-state index is -0.277. The Morgan fingerprint density at radius 3 is 2.88 bits per heavy atom. The Morgan fingerprint density at radius 2 is 2.31 bits per heavy atom. The van der Waals surface area contributed by atoms with Crippen LogP contribution in [-0.2, 0) is 9.53 Å². The number of hydrogen-bond donors (Lipinski definition) is 1. The molecular formula is C11H14BrNO2S. The first-order valence-corrected chi connectivity index (χ1v) is 6.65. The monoisotopic (exact) mass is 303 g/mol. The predicted octanol–water partition coefficient (Wildman–Crippen LogP) is 2.61. The van der Waals surface area contributed by atoms with Crippen LogP contribution in [0, 0.1) is 6.92 Å². The van der Waals surface area contributed by atoms with Gasteiger partial charge in [-0.15, -0.1) is 11.8 Å². The van der Waals surface area contributed by atoms with E-state index in [-0.39, 0.29) is 10.8 Å². The number of ether oxygens (including phenoxy) is 1. The average molecular weight is 304 g/mol. The van der Waals surface area contributed by atoms with Crippen LogP contribution in [0.3, 0.4) is 0 Å². The molecule has 0 bridgehead atoms. The van der Waals surface area contributed by atoms with E-state index in [2.05, 4.69) is 20.7 Å². The summed E-state index contributed by atoms with van der Waals surface area (Å²) in [6.45, 7) is 1.96. The van der Waals surface area contributed by atoms with Gasteiger partial charge in [-0.1, -0.05) is 15.9 Å². The topological polar surface area (TPSA) is 52.3 Å². The van der Waals surface area contributed by atoms with Crippen molar-refractivity contribution in [2.24, 2.45) is 0 Å². The number of esters is 1. The summed E-state index contributed by atoms with van der Waals surface area (Å²) in [7, 11) is 1.38. The fourth-order valence-electron chi connectivity index (χ4n) is 1.10. The van der Waals surface area contributed by atoms with E-state index in [0.29, 0.717) is 5.75 Å². The molecule has 2 N–H and O–H groups in total. The zero-order valence-corrected chi connectivity index (χ0v) is 11.6. The fraction of sp³-hybridized carbons (Fsp3) is 0.364. The van der Waals surface area contributed by atoms with E-state index in [9.17, 15) is 4.79 Å². The highest BCUT2D eigenvalue weighted by Crippen LogP contribution is 2.24. The molecule has 0 fully saturated rings. The molecule has 0 heterocycles. The van der Waals surface area contributed by atoms with E-state index in [1.54, 1.807) is 11.8 Å². The number of carbonyl (C=O) groups is 1. The van der Waals surface area contributed by atoms with Gasteiger partial charge in [0, 0.05) is 16.3 Å². The van der Waals surface area contributed by atoms with Gasteiger partial charge >= 0.3 is 5.97 Å². The number of aryl methyl sites for hydroxylation is 1. The van der Waals surface area contributed by atoms with Crippen LogP contribution in [0.15, 0.2) is 23.1 Å². The van der Waals surface area contributed by atoms with E-state index in [0.717, 1.165) is 16.1 Å². The lowest BCUT2D eigenvalue weighted by atomic mass is 10.2. The largest absolute Gasteiger partial charge is 0.468 e. The maximum atomic E-state index is 11.2. The van der Waals surface area contributed by atoms with Gasteiger partial charge in [0.05, 0.1) is 7.11 Å². The smallest absolute Gasteiger partial charge is 0.320 e. The summed E-state index contributed by atoms with van der Waals surface area (Å²) in [5.74, 6) is 0.385. The summed E-state index contributed by atoms with van der Waals surface area (Å²) in [4.78, 5) is 12.0. The Bertz CT molecular complexity index is 384. The molecule has 1 aromatic carbocycles. The van der Waals surface area contributed by atoms with Crippen LogP contribution in [0.5, 0.6) is 0 Å². The van der Waals surface area contributed by atoms with E-state index in [4.69, 9.17) is 5.73 Å². The highest BCUT2D eigenvalue weighted by Gasteiger charge is 2.15. The first-order valence-electron chi connectivity index (χ1n) is 4.75. The summed E-state index contributed by atoms with van der Waals surface area (Å²) in [6, 6.07) is 5.83. The van der Waals surface area contributed by atoms with Crippen LogP contribution < -0.4 is 5.73 Å². The molecule has 88 valence electrons. The van der Waals surface area contributed by atoms with Crippen molar-refractivity contribution in [1.29, 1.82) is 0 Å². The normalized spacial score (nSPS) is 12.2. The lowest BCUT2D eigenvalue weighted by molar-refractivity contribution is -0.139. The van der Waals surface area contributed by atoms with E-state index < -0.39 is 0 Å². The van der Waals surface area contributed by atoms with Gasteiger partial charge in [-0.05, 0) is 30.7 Å². The summed E-state index contributed by atoms with van der Waals surface area (Å²) in [5.41, 5.74) is 7.56. The number of thioether (sulfide) groups is 1. The molecule has 5 heteroatoms. The molecule has 0 saturated carbocycles. The Kier molecular flexibility index (Phi) is 5.15. The van der Waals surface area contributed by atoms with Crippen LogP contribution in [0.25, 0.3) is 0 Å². The van der Waals surface area contributed by atoms with Gasteiger partial charge in [0.25, 0.3) is 0 Å². The van der Waals surface area contributed by atoms with Crippen molar-refractivity contribution in [2.45, 2.75) is 16.6 Å². The number of nitrogens with two attached hydrogens (primary N) is 1. The molecule has 1 aromatic rings. The van der Waals surface area contributed by atoms with Gasteiger partial charge in [-0.25, -0.2) is 0 Å². The third-order valence-electron chi connectivity index (χ3n) is 2.09. The number of rotatable bonds is 4. The highest BCUT2D eigenvalue weighted by molar-refractivity contribution is 9.10. The molecule has 1 unspecified atom stereocenters. The first kappa shape index (κ1) is 13.4. The minimum absolute atomic E-state index is 0.250. The number of benzene rings is 1. The number of anilines is 1. The van der Waals surface area contributed by atoms with E-state index >= 15 is 0 Å². The lowest BCUT2D eigenvalue weighted by Gasteiger charge is -2.08. The van der Waals surface area contributed by atoms with Crippen LogP contribution in [0.1, 0.15) is 5.56 Å². The Hall–Kier alpha value is -0.680. The van der Waals surface area contributed by atoms with Gasteiger partial charge in [-0.3, -0.25) is 4.79 Å². The molecule has 0 saturated heterocycles. The highest BCUT2D eigenvalue weighted by atomic mass is 79.9. The maximum absolute atomic E-state index is 11.2. The van der Waals surface area contributed by atoms with Crippen molar-refractivity contribution in [2.75, 3.05) is 18.6 Å². The van der Waals surface area contributed by atoms with Crippen molar-refractivity contribution in [3.05, 3.63) is 23.8 Å². The molecule has 3 nitrogen and oxygen atoms in total. The molecule has 0 aliphatic heterocycles. The first-order chi connectivity index (χ1) is 7.54. The predicted molar refractivity (Wildman–Crippen MR) is 71.0 cm³/mol. The second-order valence-corrected chi connectivity index (χ2v) is 5.52. The third-order valence-corrected chi connectivity index (χ3v) is 4.31. The van der Waals surface area contributed by atoms with Gasteiger partial charge < -0.3 is 10.5 Å². The summed E-state index contributed by atoms with van der Waals surface area (Å²) in [6.07, 6.45) is 0. The molecule has 0 amide bonds. The quantitative estimate of drug-likeness (QED) is 0.402. The summed E-state index contributed by atoms with van der Waals surface area (Å²) < 4.78 is 4.62. The number of hydrogen-bond acceptors (Lipinski definition) is 4. The number of halogens is 1. The molecule has 1 atom stereocenters. The van der Waals surface area contributed by atoms with Crippen LogP contribution in [0.4, 0.5) is 5.69 Å².